The molecule has 0 aliphatic carbocycles. The van der Waals surface area contributed by atoms with Crippen LogP contribution in [0.3, 0.4) is 0 Å². The van der Waals surface area contributed by atoms with E-state index in [0.29, 0.717) is 12.2 Å². The van der Waals surface area contributed by atoms with Crippen LogP contribution < -0.4 is 5.32 Å². The first-order chi connectivity index (χ1) is 11.5. The van der Waals surface area contributed by atoms with Gasteiger partial charge in [0.15, 0.2) is 0 Å². The maximum absolute atomic E-state index is 12.3. The van der Waals surface area contributed by atoms with Gasteiger partial charge < -0.3 is 5.32 Å². The molecule has 0 aliphatic heterocycles. The highest BCUT2D eigenvalue weighted by Gasteiger charge is 2.11. The molecule has 2 N–H and O–H groups in total. The number of carbonyl (C=O) groups is 1. The van der Waals surface area contributed by atoms with Crippen molar-refractivity contribution in [3.63, 3.8) is 0 Å². The van der Waals surface area contributed by atoms with Crippen LogP contribution in [0.15, 0.2) is 48.5 Å². The molecule has 0 saturated heterocycles. The number of nitrogens with zero attached hydrogens (tertiary/aromatic N) is 1. The van der Waals surface area contributed by atoms with Crippen molar-refractivity contribution in [3.8, 4) is 11.3 Å². The van der Waals surface area contributed by atoms with Gasteiger partial charge in [0.1, 0.15) is 5.69 Å². The van der Waals surface area contributed by atoms with Crippen LogP contribution in [-0.4, -0.2) is 16.1 Å². The summed E-state index contributed by atoms with van der Waals surface area (Å²) >= 11 is 0. The summed E-state index contributed by atoms with van der Waals surface area (Å²) in [4.78, 5) is 12.3. The molecular formula is C20H21N3O. The summed E-state index contributed by atoms with van der Waals surface area (Å²) in [5, 5.41) is 9.99. The lowest BCUT2D eigenvalue weighted by atomic mass is 10.0. The summed E-state index contributed by atoms with van der Waals surface area (Å²) in [7, 11) is 0. The molecule has 0 aliphatic rings. The Morgan fingerprint density at radius 2 is 1.75 bits per heavy atom. The summed E-state index contributed by atoms with van der Waals surface area (Å²) in [6.45, 7) is 6.69. The predicted octanol–water partition coefficient (Wildman–Crippen LogP) is 3.93. The van der Waals surface area contributed by atoms with Crippen LogP contribution in [-0.2, 0) is 6.54 Å². The third-order valence-corrected chi connectivity index (χ3v) is 4.20. The number of aromatic nitrogens is 2. The van der Waals surface area contributed by atoms with Crippen molar-refractivity contribution in [1.82, 2.24) is 15.5 Å². The summed E-state index contributed by atoms with van der Waals surface area (Å²) < 4.78 is 0. The van der Waals surface area contributed by atoms with Crippen LogP contribution in [0.1, 0.15) is 32.7 Å². The Morgan fingerprint density at radius 1 is 1.00 bits per heavy atom. The van der Waals surface area contributed by atoms with Gasteiger partial charge in [0.25, 0.3) is 5.91 Å². The van der Waals surface area contributed by atoms with E-state index in [9.17, 15) is 4.79 Å². The lowest BCUT2D eigenvalue weighted by molar-refractivity contribution is 0.0946. The minimum Gasteiger partial charge on any atom is -0.347 e. The first kappa shape index (κ1) is 16.0. The maximum atomic E-state index is 12.3. The fraction of sp³-hybridized carbons (Fsp3) is 0.200. The zero-order chi connectivity index (χ0) is 17.1. The van der Waals surface area contributed by atoms with E-state index < -0.39 is 0 Å². The largest absolute Gasteiger partial charge is 0.347 e. The Kier molecular flexibility index (Phi) is 4.47. The van der Waals surface area contributed by atoms with Crippen molar-refractivity contribution in [2.24, 2.45) is 0 Å². The number of benzene rings is 2. The average molecular weight is 319 g/mol. The van der Waals surface area contributed by atoms with Gasteiger partial charge in [-0.1, -0.05) is 42.0 Å². The van der Waals surface area contributed by atoms with Crippen molar-refractivity contribution < 1.29 is 4.79 Å². The molecule has 0 bridgehead atoms. The average Bonchev–Trinajstić information content (AvgIpc) is 3.07. The highest BCUT2D eigenvalue weighted by Crippen LogP contribution is 2.20. The molecule has 0 saturated carbocycles. The lowest BCUT2D eigenvalue weighted by Gasteiger charge is -2.04. The molecule has 0 atom stereocenters. The zero-order valence-electron chi connectivity index (χ0n) is 14.2. The highest BCUT2D eigenvalue weighted by molar-refractivity contribution is 5.93. The number of H-pyrrole nitrogens is 1. The Bertz CT molecular complexity index is 863. The maximum Gasteiger partial charge on any atom is 0.269 e. The first-order valence-corrected chi connectivity index (χ1v) is 8.00. The molecule has 0 fully saturated rings. The van der Waals surface area contributed by atoms with E-state index in [1.54, 1.807) is 6.07 Å². The van der Waals surface area contributed by atoms with Gasteiger partial charge in [0.2, 0.25) is 0 Å². The quantitative estimate of drug-likeness (QED) is 0.765. The molecule has 1 heterocycles. The number of hydrogen-bond donors (Lipinski definition) is 2. The molecule has 0 unspecified atom stereocenters. The first-order valence-electron chi connectivity index (χ1n) is 8.00. The molecule has 4 nitrogen and oxygen atoms in total. The molecule has 1 aromatic heterocycles. The summed E-state index contributed by atoms with van der Waals surface area (Å²) in [5.41, 5.74) is 6.98. The second-order valence-corrected chi connectivity index (χ2v) is 6.13. The third-order valence-electron chi connectivity index (χ3n) is 4.20. The number of amides is 1. The molecule has 3 aromatic rings. The van der Waals surface area contributed by atoms with Crippen molar-refractivity contribution in [1.29, 1.82) is 0 Å². The van der Waals surface area contributed by atoms with Crippen LogP contribution in [0, 0.1) is 20.8 Å². The van der Waals surface area contributed by atoms with E-state index in [1.165, 1.54) is 16.7 Å². The van der Waals surface area contributed by atoms with Gasteiger partial charge in [-0.25, -0.2) is 0 Å². The number of hydrogen-bond acceptors (Lipinski definition) is 2. The van der Waals surface area contributed by atoms with Gasteiger partial charge in [0.05, 0.1) is 5.69 Å². The summed E-state index contributed by atoms with van der Waals surface area (Å²) in [5.74, 6) is -0.154. The lowest BCUT2D eigenvalue weighted by Crippen LogP contribution is -2.23. The Morgan fingerprint density at radius 3 is 2.46 bits per heavy atom. The number of rotatable bonds is 4. The van der Waals surface area contributed by atoms with Gasteiger partial charge in [-0.05, 0) is 49.6 Å². The van der Waals surface area contributed by atoms with E-state index in [4.69, 9.17) is 0 Å². The second-order valence-electron chi connectivity index (χ2n) is 6.13. The van der Waals surface area contributed by atoms with Gasteiger partial charge in [-0.2, -0.15) is 5.10 Å². The molecule has 0 spiro atoms. The molecule has 1 amide bonds. The van der Waals surface area contributed by atoms with E-state index in [2.05, 4.69) is 41.5 Å². The van der Waals surface area contributed by atoms with Gasteiger partial charge >= 0.3 is 0 Å². The topological polar surface area (TPSA) is 57.8 Å². The standard InChI is InChI=1S/C20H21N3O/c1-13-4-7-16(8-5-13)12-21-20(24)19-11-18(22-23-19)17-9-6-14(2)15(3)10-17/h4-11H,12H2,1-3H3,(H,21,24)(H,22,23). The fourth-order valence-electron chi connectivity index (χ4n) is 2.47. The van der Waals surface area contributed by atoms with Gasteiger partial charge in [-0.3, -0.25) is 9.89 Å². The molecule has 122 valence electrons. The molecule has 4 heteroatoms. The number of aryl methyl sites for hydroxylation is 3. The number of nitrogens with one attached hydrogen (secondary N) is 2. The van der Waals surface area contributed by atoms with Crippen LogP contribution in [0.4, 0.5) is 0 Å². The molecular weight excluding hydrogens is 298 g/mol. The monoisotopic (exact) mass is 319 g/mol. The zero-order valence-corrected chi connectivity index (χ0v) is 14.2. The van der Waals surface area contributed by atoms with E-state index in [1.807, 2.05) is 37.3 Å². The number of aromatic amines is 1. The van der Waals surface area contributed by atoms with Crippen molar-refractivity contribution >= 4 is 5.91 Å². The van der Waals surface area contributed by atoms with Crippen molar-refractivity contribution in [3.05, 3.63) is 76.5 Å². The fourth-order valence-corrected chi connectivity index (χ4v) is 2.47. The molecule has 24 heavy (non-hydrogen) atoms. The van der Waals surface area contributed by atoms with Crippen LogP contribution in [0.5, 0.6) is 0 Å². The minimum atomic E-state index is -0.154. The summed E-state index contributed by atoms with van der Waals surface area (Å²) in [6, 6.07) is 16.1. The normalized spacial score (nSPS) is 10.6. The van der Waals surface area contributed by atoms with Gasteiger partial charge in [0, 0.05) is 12.1 Å². The SMILES string of the molecule is Cc1ccc(CNC(=O)c2cc(-c3ccc(C)c(C)c3)n[nH]2)cc1. The van der Waals surface area contributed by atoms with Crippen molar-refractivity contribution in [2.75, 3.05) is 0 Å². The molecule has 0 radical (unpaired) electrons. The second kappa shape index (κ2) is 6.71. The number of carbonyl (C=O) groups excluding carboxylic acids is 1. The van der Waals surface area contributed by atoms with Gasteiger partial charge in [-0.15, -0.1) is 0 Å². The van der Waals surface area contributed by atoms with Crippen LogP contribution in [0.25, 0.3) is 11.3 Å². The Labute approximate surface area is 141 Å². The Hall–Kier alpha value is -2.88. The van der Waals surface area contributed by atoms with E-state index >= 15 is 0 Å². The minimum absolute atomic E-state index is 0.154. The van der Waals surface area contributed by atoms with Crippen LogP contribution in [0.2, 0.25) is 0 Å². The van der Waals surface area contributed by atoms with E-state index in [-0.39, 0.29) is 5.91 Å². The summed E-state index contributed by atoms with van der Waals surface area (Å²) in [6.07, 6.45) is 0. The predicted molar refractivity (Wildman–Crippen MR) is 95.8 cm³/mol. The van der Waals surface area contributed by atoms with Crippen LogP contribution >= 0.6 is 0 Å². The van der Waals surface area contributed by atoms with Crippen molar-refractivity contribution in [2.45, 2.75) is 27.3 Å². The molecule has 2 aromatic carbocycles. The highest BCUT2D eigenvalue weighted by atomic mass is 16.1. The van der Waals surface area contributed by atoms with E-state index in [0.717, 1.165) is 16.8 Å². The molecule has 3 rings (SSSR count). The third kappa shape index (κ3) is 3.54. The Balaban J connectivity index is 1.69. The smallest absolute Gasteiger partial charge is 0.269 e.